The third kappa shape index (κ3) is 2.38. The van der Waals surface area contributed by atoms with Crippen LogP contribution >= 0.6 is 0 Å². The molecule has 0 fully saturated rings. The van der Waals surface area contributed by atoms with Gasteiger partial charge in [-0.3, -0.25) is 4.55 Å². The summed E-state index contributed by atoms with van der Waals surface area (Å²) in [6, 6.07) is 13.5. The van der Waals surface area contributed by atoms with Gasteiger partial charge in [-0.2, -0.15) is 4.21 Å². The van der Waals surface area contributed by atoms with Gasteiger partial charge in [-0.25, -0.2) is 5.06 Å². The highest BCUT2D eigenvalue weighted by molar-refractivity contribution is 7.74. The molecule has 1 N–H and O–H groups in total. The third-order valence-electron chi connectivity index (χ3n) is 2.27. The molecule has 0 saturated heterocycles. The van der Waals surface area contributed by atoms with Crippen LogP contribution in [0, 0.1) is 0 Å². The van der Waals surface area contributed by atoms with Crippen LogP contribution in [0.15, 0.2) is 42.5 Å². The predicted molar refractivity (Wildman–Crippen MR) is 64.2 cm³/mol. The Hall–Kier alpha value is -1.43. The van der Waals surface area contributed by atoms with E-state index >= 15 is 0 Å². The first-order valence-electron chi connectivity index (χ1n) is 4.68. The smallest absolute Gasteiger partial charge is 0.282 e. The van der Waals surface area contributed by atoms with Crippen molar-refractivity contribution in [1.82, 2.24) is 0 Å². The van der Waals surface area contributed by atoms with Gasteiger partial charge >= 0.3 is 11.4 Å². The lowest BCUT2D eigenvalue weighted by molar-refractivity contribution is 0.295. The van der Waals surface area contributed by atoms with Gasteiger partial charge in [-0.15, -0.1) is 4.28 Å². The molecule has 0 aromatic heterocycles. The van der Waals surface area contributed by atoms with Crippen molar-refractivity contribution in [3.05, 3.63) is 42.5 Å². The van der Waals surface area contributed by atoms with Crippen LogP contribution in [0.25, 0.3) is 10.8 Å². The van der Waals surface area contributed by atoms with Gasteiger partial charge < -0.3 is 0 Å². The van der Waals surface area contributed by atoms with Gasteiger partial charge in [0.15, 0.2) is 0 Å². The highest BCUT2D eigenvalue weighted by Crippen LogP contribution is 2.21. The van der Waals surface area contributed by atoms with Gasteiger partial charge in [-0.1, -0.05) is 30.3 Å². The molecule has 5 heteroatoms. The summed E-state index contributed by atoms with van der Waals surface area (Å²) in [5.74, 6) is 0. The minimum atomic E-state index is -2.30. The summed E-state index contributed by atoms with van der Waals surface area (Å²) in [4.78, 5) is 0. The van der Waals surface area contributed by atoms with Crippen molar-refractivity contribution in [2.45, 2.75) is 0 Å². The van der Waals surface area contributed by atoms with Crippen molar-refractivity contribution in [2.75, 3.05) is 12.1 Å². The monoisotopic (exact) mass is 237 g/mol. The van der Waals surface area contributed by atoms with E-state index in [1.54, 1.807) is 7.05 Å². The van der Waals surface area contributed by atoms with Crippen LogP contribution in [0.2, 0.25) is 0 Å². The second kappa shape index (κ2) is 4.61. The fourth-order valence-corrected chi connectivity index (χ4v) is 1.79. The van der Waals surface area contributed by atoms with Crippen LogP contribution in [-0.4, -0.2) is 15.8 Å². The molecule has 0 spiro atoms. The molecular formula is C11H11NO3S. The maximum atomic E-state index is 10.5. The number of hydrogen-bond donors (Lipinski definition) is 1. The quantitative estimate of drug-likeness (QED) is 0.657. The number of fused-ring (bicyclic) bond motifs is 1. The van der Waals surface area contributed by atoms with Crippen LogP contribution in [0.1, 0.15) is 0 Å². The van der Waals surface area contributed by atoms with E-state index in [4.69, 9.17) is 4.55 Å². The zero-order valence-corrected chi connectivity index (χ0v) is 9.48. The second-order valence-corrected chi connectivity index (χ2v) is 3.90. The summed E-state index contributed by atoms with van der Waals surface area (Å²) >= 11 is -2.30. The van der Waals surface area contributed by atoms with Crippen molar-refractivity contribution < 1.29 is 13.0 Å². The zero-order chi connectivity index (χ0) is 11.5. The molecule has 2 aromatic carbocycles. The largest absolute Gasteiger partial charge is 0.325 e. The molecule has 0 bridgehead atoms. The summed E-state index contributed by atoms with van der Waals surface area (Å²) in [5.41, 5.74) is 0.723. The highest BCUT2D eigenvalue weighted by Gasteiger charge is 2.05. The SMILES string of the molecule is CN(OS(=O)O)c1ccc2ccccc2c1. The number of anilines is 1. The normalized spacial score (nSPS) is 12.6. The van der Waals surface area contributed by atoms with Gasteiger partial charge in [0.2, 0.25) is 0 Å². The van der Waals surface area contributed by atoms with E-state index in [0.29, 0.717) is 0 Å². The Balaban J connectivity index is 2.35. The molecule has 4 nitrogen and oxygen atoms in total. The molecule has 84 valence electrons. The molecule has 0 radical (unpaired) electrons. The summed E-state index contributed by atoms with van der Waals surface area (Å²) in [5, 5.41) is 3.44. The Kier molecular flexibility index (Phi) is 3.19. The Labute approximate surface area is 95.9 Å². The number of hydrogen-bond acceptors (Lipinski definition) is 3. The average Bonchev–Trinajstić information content (AvgIpc) is 2.27. The summed E-state index contributed by atoms with van der Waals surface area (Å²) < 4.78 is 23.7. The average molecular weight is 237 g/mol. The maximum absolute atomic E-state index is 10.5. The summed E-state index contributed by atoms with van der Waals surface area (Å²) in [6.45, 7) is 0. The molecule has 0 heterocycles. The first kappa shape index (κ1) is 11.1. The Morgan fingerprint density at radius 3 is 2.56 bits per heavy atom. The predicted octanol–water partition coefficient (Wildman–Crippen LogP) is 2.34. The molecule has 0 aliphatic heterocycles. The fourth-order valence-electron chi connectivity index (χ4n) is 1.51. The van der Waals surface area contributed by atoms with Gasteiger partial charge in [0.05, 0.1) is 5.69 Å². The van der Waals surface area contributed by atoms with Crippen molar-refractivity contribution >= 4 is 27.8 Å². The fraction of sp³-hybridized carbons (Fsp3) is 0.0909. The van der Waals surface area contributed by atoms with Crippen LogP contribution in [0.3, 0.4) is 0 Å². The minimum Gasteiger partial charge on any atom is -0.282 e. The van der Waals surface area contributed by atoms with E-state index in [1.807, 2.05) is 42.5 Å². The van der Waals surface area contributed by atoms with E-state index in [9.17, 15) is 4.21 Å². The van der Waals surface area contributed by atoms with Gasteiger partial charge in [0, 0.05) is 7.05 Å². The molecule has 0 amide bonds. The van der Waals surface area contributed by atoms with E-state index < -0.39 is 11.4 Å². The second-order valence-electron chi connectivity index (χ2n) is 3.32. The number of nitrogens with zero attached hydrogens (tertiary/aromatic N) is 1. The van der Waals surface area contributed by atoms with Gasteiger partial charge in [0.25, 0.3) is 0 Å². The maximum Gasteiger partial charge on any atom is 0.325 e. The third-order valence-corrected chi connectivity index (χ3v) is 2.62. The van der Waals surface area contributed by atoms with Gasteiger partial charge in [0.1, 0.15) is 0 Å². The minimum absolute atomic E-state index is 0.723. The Bertz CT molecular complexity index is 529. The molecule has 2 aromatic rings. The molecule has 1 atom stereocenters. The molecule has 2 rings (SSSR count). The molecule has 0 aliphatic rings. The number of benzene rings is 2. The zero-order valence-electron chi connectivity index (χ0n) is 8.66. The molecule has 1 unspecified atom stereocenters. The lowest BCUT2D eigenvalue weighted by atomic mass is 10.1. The Morgan fingerprint density at radius 2 is 1.88 bits per heavy atom. The molecule has 0 saturated carbocycles. The summed E-state index contributed by atoms with van der Waals surface area (Å²) in [7, 11) is 1.58. The number of rotatable bonds is 3. The first-order valence-corrected chi connectivity index (χ1v) is 5.72. The lowest BCUT2D eigenvalue weighted by Gasteiger charge is -2.15. The first-order chi connectivity index (χ1) is 7.66. The topological polar surface area (TPSA) is 49.8 Å². The van der Waals surface area contributed by atoms with Crippen molar-refractivity contribution in [3.8, 4) is 0 Å². The van der Waals surface area contributed by atoms with E-state index in [0.717, 1.165) is 16.5 Å². The van der Waals surface area contributed by atoms with Crippen molar-refractivity contribution in [3.63, 3.8) is 0 Å². The van der Waals surface area contributed by atoms with E-state index in [1.165, 1.54) is 5.06 Å². The molecule has 0 aliphatic carbocycles. The highest BCUT2D eigenvalue weighted by atomic mass is 32.2. The van der Waals surface area contributed by atoms with Crippen LogP contribution < -0.4 is 5.06 Å². The number of hydroxylamine groups is 1. The van der Waals surface area contributed by atoms with Crippen LogP contribution in [0.5, 0.6) is 0 Å². The van der Waals surface area contributed by atoms with E-state index in [-0.39, 0.29) is 0 Å². The standard InChI is InChI=1S/C11H11NO3S/c1-12(15-16(13)14)11-7-6-9-4-2-3-5-10(9)8-11/h2-8H,1H3,(H,13,14). The van der Waals surface area contributed by atoms with Crippen molar-refractivity contribution in [2.24, 2.45) is 0 Å². The molecule has 16 heavy (non-hydrogen) atoms. The van der Waals surface area contributed by atoms with Gasteiger partial charge in [-0.05, 0) is 22.9 Å². The van der Waals surface area contributed by atoms with Crippen LogP contribution in [-0.2, 0) is 15.6 Å². The summed E-state index contributed by atoms with van der Waals surface area (Å²) in [6.07, 6.45) is 0. The lowest BCUT2D eigenvalue weighted by Crippen LogP contribution is -2.18. The molecular weight excluding hydrogens is 226 g/mol. The van der Waals surface area contributed by atoms with E-state index in [2.05, 4.69) is 4.28 Å². The van der Waals surface area contributed by atoms with Crippen molar-refractivity contribution in [1.29, 1.82) is 0 Å². The Morgan fingerprint density at radius 1 is 1.19 bits per heavy atom. The van der Waals surface area contributed by atoms with Crippen LogP contribution in [0.4, 0.5) is 5.69 Å².